The molecule has 0 unspecified atom stereocenters. The van der Waals surface area contributed by atoms with Gasteiger partial charge in [-0.1, -0.05) is 35.1 Å². The van der Waals surface area contributed by atoms with E-state index in [4.69, 9.17) is 21.1 Å². The molecule has 1 atom stereocenters. The van der Waals surface area contributed by atoms with E-state index in [1.807, 2.05) is 0 Å². The average molecular weight is 470 g/mol. The van der Waals surface area contributed by atoms with Gasteiger partial charge in [0.25, 0.3) is 5.78 Å². The van der Waals surface area contributed by atoms with Crippen molar-refractivity contribution in [1.29, 1.82) is 0 Å². The molecule has 162 valence electrons. The molecule has 1 saturated heterocycles. The Balaban J connectivity index is 1.69. The normalized spacial score (nSPS) is 19.4. The number of anilines is 1. The van der Waals surface area contributed by atoms with Crippen molar-refractivity contribution in [3.63, 3.8) is 0 Å². The number of Topliss-reactive ketones (excluding diaryl/α,β-unsaturated/α-hetero) is 1. The molecular weight excluding hydrogens is 454 g/mol. The summed E-state index contributed by atoms with van der Waals surface area (Å²) in [4.78, 5) is 27.4. The summed E-state index contributed by atoms with van der Waals surface area (Å²) in [5.41, 5.74) is 0.877. The summed E-state index contributed by atoms with van der Waals surface area (Å²) in [6, 6.07) is 10.7. The fourth-order valence-electron chi connectivity index (χ4n) is 3.72. The number of hydrogen-bond acceptors (Lipinski definition) is 8. The fraction of sp³-hybridized carbons (Fsp3) is 0.182. The van der Waals surface area contributed by atoms with Gasteiger partial charge in [0, 0.05) is 10.6 Å². The highest BCUT2D eigenvalue weighted by molar-refractivity contribution is 7.15. The highest BCUT2D eigenvalue weighted by Gasteiger charge is 2.48. The first-order valence-corrected chi connectivity index (χ1v) is 10.9. The summed E-state index contributed by atoms with van der Waals surface area (Å²) in [6.45, 7) is 2.56. The Kier molecular flexibility index (Phi) is 5.07. The predicted molar refractivity (Wildman–Crippen MR) is 118 cm³/mol. The van der Waals surface area contributed by atoms with E-state index in [0.717, 1.165) is 0 Å². The SMILES string of the molecule is Cc1nnc(N2C(=O)C(=O)C(=C(O)c3ccc4c(c3)OCCO4)[C@H]2c2ccc(Cl)cc2)s1. The number of ether oxygens (including phenoxy) is 2. The Morgan fingerprint density at radius 3 is 2.50 bits per heavy atom. The number of amides is 1. The van der Waals surface area contributed by atoms with Crippen molar-refractivity contribution < 1.29 is 24.2 Å². The van der Waals surface area contributed by atoms with E-state index in [0.29, 0.717) is 45.9 Å². The molecule has 0 saturated carbocycles. The summed E-state index contributed by atoms with van der Waals surface area (Å²) < 4.78 is 11.1. The molecule has 2 aliphatic heterocycles. The zero-order chi connectivity index (χ0) is 22.4. The van der Waals surface area contributed by atoms with E-state index in [1.54, 1.807) is 49.4 Å². The number of carbonyl (C=O) groups is 2. The summed E-state index contributed by atoms with van der Waals surface area (Å²) in [6.07, 6.45) is 0. The van der Waals surface area contributed by atoms with Gasteiger partial charge in [0.2, 0.25) is 5.13 Å². The lowest BCUT2D eigenvalue weighted by Gasteiger charge is -2.23. The number of nitrogens with zero attached hydrogens (tertiary/aromatic N) is 3. The van der Waals surface area contributed by atoms with Gasteiger partial charge in [-0.2, -0.15) is 0 Å². The van der Waals surface area contributed by atoms with E-state index >= 15 is 0 Å². The number of halogens is 1. The van der Waals surface area contributed by atoms with Crippen LogP contribution < -0.4 is 14.4 Å². The van der Waals surface area contributed by atoms with Crippen LogP contribution in [0.15, 0.2) is 48.0 Å². The van der Waals surface area contributed by atoms with Crippen molar-refractivity contribution in [1.82, 2.24) is 10.2 Å². The number of aliphatic hydroxyl groups excluding tert-OH is 1. The molecule has 8 nitrogen and oxygen atoms in total. The quantitative estimate of drug-likeness (QED) is 0.352. The van der Waals surface area contributed by atoms with Crippen LogP contribution in [0.5, 0.6) is 11.5 Å². The Hall–Kier alpha value is -3.43. The van der Waals surface area contributed by atoms with Gasteiger partial charge in [-0.05, 0) is 42.8 Å². The maximum Gasteiger partial charge on any atom is 0.301 e. The molecule has 1 aromatic heterocycles. The van der Waals surface area contributed by atoms with Crippen molar-refractivity contribution in [2.45, 2.75) is 13.0 Å². The highest BCUT2D eigenvalue weighted by Crippen LogP contribution is 2.44. The molecule has 0 spiro atoms. The lowest BCUT2D eigenvalue weighted by atomic mass is 9.95. The van der Waals surface area contributed by atoms with Crippen molar-refractivity contribution in [2.75, 3.05) is 18.1 Å². The van der Waals surface area contributed by atoms with Crippen LogP contribution in [-0.4, -0.2) is 40.2 Å². The third kappa shape index (κ3) is 3.39. The average Bonchev–Trinajstić information content (AvgIpc) is 3.34. The first kappa shape index (κ1) is 20.5. The second kappa shape index (κ2) is 7.92. The number of benzene rings is 2. The smallest absolute Gasteiger partial charge is 0.301 e. The minimum atomic E-state index is -0.896. The number of aryl methyl sites for hydroxylation is 1. The topological polar surface area (TPSA) is 102 Å². The van der Waals surface area contributed by atoms with Gasteiger partial charge in [0.15, 0.2) is 11.5 Å². The van der Waals surface area contributed by atoms with Crippen molar-refractivity contribution in [3.05, 3.63) is 69.2 Å². The van der Waals surface area contributed by atoms with Crippen LogP contribution in [0, 0.1) is 6.92 Å². The van der Waals surface area contributed by atoms with Crippen LogP contribution >= 0.6 is 22.9 Å². The van der Waals surface area contributed by atoms with E-state index in [2.05, 4.69) is 10.2 Å². The van der Waals surface area contributed by atoms with Crippen molar-refractivity contribution >= 4 is 45.5 Å². The number of aliphatic hydroxyl groups is 1. The minimum absolute atomic E-state index is 0.0538. The molecule has 10 heteroatoms. The van der Waals surface area contributed by atoms with E-state index in [-0.39, 0.29) is 16.5 Å². The number of carbonyl (C=O) groups excluding carboxylic acids is 2. The first-order chi connectivity index (χ1) is 15.4. The molecule has 2 aliphatic rings. The van der Waals surface area contributed by atoms with Crippen LogP contribution in [0.2, 0.25) is 5.02 Å². The minimum Gasteiger partial charge on any atom is -0.507 e. The first-order valence-electron chi connectivity index (χ1n) is 9.70. The van der Waals surface area contributed by atoms with Gasteiger partial charge >= 0.3 is 5.91 Å². The summed E-state index contributed by atoms with van der Waals surface area (Å²) in [7, 11) is 0. The van der Waals surface area contributed by atoms with E-state index in [1.165, 1.54) is 16.2 Å². The maximum absolute atomic E-state index is 13.1. The second-order valence-electron chi connectivity index (χ2n) is 7.18. The van der Waals surface area contributed by atoms with Crippen molar-refractivity contribution in [2.24, 2.45) is 0 Å². The molecule has 3 heterocycles. The Labute approximate surface area is 191 Å². The van der Waals surface area contributed by atoms with Crippen LogP contribution in [0.4, 0.5) is 5.13 Å². The van der Waals surface area contributed by atoms with Gasteiger partial charge in [0.05, 0.1) is 11.6 Å². The number of fused-ring (bicyclic) bond motifs is 1. The third-order valence-corrected chi connectivity index (χ3v) is 6.26. The van der Waals surface area contributed by atoms with Gasteiger partial charge in [-0.3, -0.25) is 14.5 Å². The zero-order valence-corrected chi connectivity index (χ0v) is 18.3. The molecule has 3 aromatic rings. The lowest BCUT2D eigenvalue weighted by Crippen LogP contribution is -2.29. The fourth-order valence-corrected chi connectivity index (χ4v) is 4.56. The Morgan fingerprint density at radius 2 is 1.81 bits per heavy atom. The standard InChI is InChI=1S/C22H16ClN3O5S/c1-11-24-25-22(32-11)26-18(12-2-5-14(23)6-3-12)17(20(28)21(26)29)19(27)13-4-7-15-16(10-13)31-9-8-30-15/h2-7,10,18,27H,8-9H2,1H3/t18-/m1/s1. The lowest BCUT2D eigenvalue weighted by molar-refractivity contribution is -0.132. The van der Waals surface area contributed by atoms with Crippen LogP contribution in [0.1, 0.15) is 22.2 Å². The number of rotatable bonds is 3. The van der Waals surface area contributed by atoms with Gasteiger partial charge in [-0.15, -0.1) is 10.2 Å². The second-order valence-corrected chi connectivity index (χ2v) is 8.78. The third-order valence-electron chi connectivity index (χ3n) is 5.17. The Bertz CT molecular complexity index is 1270. The molecule has 5 rings (SSSR count). The van der Waals surface area contributed by atoms with Crippen LogP contribution in [-0.2, 0) is 9.59 Å². The number of ketones is 1. The largest absolute Gasteiger partial charge is 0.507 e. The van der Waals surface area contributed by atoms with Gasteiger partial charge in [-0.25, -0.2) is 0 Å². The van der Waals surface area contributed by atoms with Gasteiger partial charge < -0.3 is 14.6 Å². The molecule has 1 amide bonds. The molecular formula is C22H16ClN3O5S. The van der Waals surface area contributed by atoms with Crippen molar-refractivity contribution in [3.8, 4) is 11.5 Å². The van der Waals surface area contributed by atoms with Crippen LogP contribution in [0.3, 0.4) is 0 Å². The molecule has 0 radical (unpaired) electrons. The monoisotopic (exact) mass is 469 g/mol. The summed E-state index contributed by atoms with van der Waals surface area (Å²) in [5, 5.41) is 20.6. The summed E-state index contributed by atoms with van der Waals surface area (Å²) in [5.74, 6) is -0.918. The zero-order valence-electron chi connectivity index (χ0n) is 16.7. The molecule has 1 N–H and O–H groups in total. The molecule has 0 bridgehead atoms. The molecule has 32 heavy (non-hydrogen) atoms. The number of hydrogen-bond donors (Lipinski definition) is 1. The Morgan fingerprint density at radius 1 is 1.09 bits per heavy atom. The highest BCUT2D eigenvalue weighted by atomic mass is 35.5. The van der Waals surface area contributed by atoms with Gasteiger partial charge in [0.1, 0.15) is 24.0 Å². The molecule has 2 aromatic carbocycles. The molecule has 1 fully saturated rings. The number of aromatic nitrogens is 2. The van der Waals surface area contributed by atoms with E-state index < -0.39 is 17.7 Å². The maximum atomic E-state index is 13.1. The predicted octanol–water partition coefficient (Wildman–Crippen LogP) is 3.90. The van der Waals surface area contributed by atoms with E-state index in [9.17, 15) is 14.7 Å². The van der Waals surface area contributed by atoms with Crippen LogP contribution in [0.25, 0.3) is 5.76 Å². The summed E-state index contributed by atoms with van der Waals surface area (Å²) >= 11 is 7.22. The molecule has 0 aliphatic carbocycles.